The van der Waals surface area contributed by atoms with Gasteiger partial charge in [0.15, 0.2) is 5.13 Å². The van der Waals surface area contributed by atoms with E-state index in [2.05, 4.69) is 27.8 Å². The van der Waals surface area contributed by atoms with Crippen molar-refractivity contribution in [2.24, 2.45) is 0 Å². The van der Waals surface area contributed by atoms with Crippen LogP contribution in [0.3, 0.4) is 0 Å². The summed E-state index contributed by atoms with van der Waals surface area (Å²) in [5, 5.41) is 8.21. The van der Waals surface area contributed by atoms with Crippen LogP contribution in [0, 0.1) is 0 Å². The number of hydrogen-bond donors (Lipinski definition) is 2. The smallest absolute Gasteiger partial charge is 0.257 e. The van der Waals surface area contributed by atoms with E-state index in [-0.39, 0.29) is 11.8 Å². The Morgan fingerprint density at radius 3 is 2.60 bits per heavy atom. The van der Waals surface area contributed by atoms with E-state index in [1.807, 2.05) is 53.2 Å². The molecule has 2 amide bonds. The van der Waals surface area contributed by atoms with Gasteiger partial charge in [-0.3, -0.25) is 14.9 Å². The summed E-state index contributed by atoms with van der Waals surface area (Å²) in [6, 6.07) is 11.9. The Labute approximate surface area is 192 Å². The van der Waals surface area contributed by atoms with Crippen molar-refractivity contribution in [3.63, 3.8) is 0 Å². The Bertz CT molecular complexity index is 1020. The standard InChI is InChI=1S/C21H21N3O2S4/c1-13(25)22-11-16-7-8-18(30-16)17-12-29-21(23-17)24-19(26)14-3-5-15(6-4-14)20-27-9-2-10-28-20/h3-8,12,20H,2,9-11H2,1H3,(H,22,25)(H,23,24,26). The van der Waals surface area contributed by atoms with Gasteiger partial charge in [-0.05, 0) is 47.8 Å². The first-order valence-electron chi connectivity index (χ1n) is 9.52. The first-order chi connectivity index (χ1) is 14.6. The molecule has 0 saturated carbocycles. The van der Waals surface area contributed by atoms with Crippen LogP contribution in [0.2, 0.25) is 0 Å². The van der Waals surface area contributed by atoms with E-state index in [9.17, 15) is 9.59 Å². The molecule has 1 aliphatic heterocycles. The lowest BCUT2D eigenvalue weighted by Gasteiger charge is -2.21. The number of nitrogens with zero attached hydrogens (tertiary/aromatic N) is 1. The van der Waals surface area contributed by atoms with Gasteiger partial charge in [-0.1, -0.05) is 12.1 Å². The quantitative estimate of drug-likeness (QED) is 0.484. The lowest BCUT2D eigenvalue weighted by atomic mass is 10.1. The SMILES string of the molecule is CC(=O)NCc1ccc(-c2csc(NC(=O)c3ccc(C4SCCCS4)cc3)n2)s1. The van der Waals surface area contributed by atoms with Crippen LogP contribution in [0.4, 0.5) is 5.13 Å². The Hall–Kier alpha value is -1.81. The average Bonchev–Trinajstić information content (AvgIpc) is 3.42. The molecule has 0 bridgehead atoms. The van der Waals surface area contributed by atoms with Crippen LogP contribution in [0.5, 0.6) is 0 Å². The number of thioether (sulfide) groups is 2. The van der Waals surface area contributed by atoms with Crippen molar-refractivity contribution in [2.75, 3.05) is 16.8 Å². The maximum atomic E-state index is 12.6. The normalized spacial score (nSPS) is 14.4. The molecule has 1 fully saturated rings. The number of aromatic nitrogens is 1. The van der Waals surface area contributed by atoms with Crippen LogP contribution < -0.4 is 10.6 Å². The number of carbonyl (C=O) groups is 2. The van der Waals surface area contributed by atoms with E-state index >= 15 is 0 Å². The lowest BCUT2D eigenvalue weighted by molar-refractivity contribution is -0.119. The van der Waals surface area contributed by atoms with Gasteiger partial charge in [-0.25, -0.2) is 4.98 Å². The number of amides is 2. The molecule has 3 aromatic rings. The molecule has 1 aromatic carbocycles. The first kappa shape index (κ1) is 21.4. The van der Waals surface area contributed by atoms with Crippen molar-refractivity contribution in [2.45, 2.75) is 24.5 Å². The molecule has 30 heavy (non-hydrogen) atoms. The molecular weight excluding hydrogens is 455 g/mol. The van der Waals surface area contributed by atoms with Gasteiger partial charge in [-0.2, -0.15) is 0 Å². The van der Waals surface area contributed by atoms with Crippen molar-refractivity contribution in [1.82, 2.24) is 10.3 Å². The molecule has 2 N–H and O–H groups in total. The largest absolute Gasteiger partial charge is 0.351 e. The summed E-state index contributed by atoms with van der Waals surface area (Å²) >= 11 is 6.94. The second-order valence-electron chi connectivity index (χ2n) is 6.72. The van der Waals surface area contributed by atoms with Gasteiger partial charge in [-0.15, -0.1) is 46.2 Å². The summed E-state index contributed by atoms with van der Waals surface area (Å²) in [5.74, 6) is 2.20. The molecule has 3 heterocycles. The monoisotopic (exact) mass is 475 g/mol. The molecule has 9 heteroatoms. The lowest BCUT2D eigenvalue weighted by Crippen LogP contribution is -2.17. The zero-order valence-electron chi connectivity index (χ0n) is 16.3. The molecule has 2 aromatic heterocycles. The van der Waals surface area contributed by atoms with Crippen molar-refractivity contribution in [3.8, 4) is 10.6 Å². The molecule has 0 radical (unpaired) electrons. The van der Waals surface area contributed by atoms with Gasteiger partial charge < -0.3 is 5.32 Å². The Kier molecular flexibility index (Phi) is 7.14. The highest BCUT2D eigenvalue weighted by Crippen LogP contribution is 2.43. The summed E-state index contributed by atoms with van der Waals surface area (Å²) in [5.41, 5.74) is 2.73. The number of rotatable bonds is 6. The van der Waals surface area contributed by atoms with E-state index in [1.54, 1.807) is 11.3 Å². The fourth-order valence-corrected chi connectivity index (χ4v) is 7.49. The van der Waals surface area contributed by atoms with Gasteiger partial charge in [0.2, 0.25) is 5.91 Å². The molecule has 5 nitrogen and oxygen atoms in total. The zero-order chi connectivity index (χ0) is 20.9. The molecule has 0 aliphatic carbocycles. The number of thiophene rings is 1. The van der Waals surface area contributed by atoms with Gasteiger partial charge in [0.1, 0.15) is 0 Å². The third-order valence-electron chi connectivity index (χ3n) is 4.42. The van der Waals surface area contributed by atoms with Crippen LogP contribution in [0.25, 0.3) is 10.6 Å². The predicted molar refractivity (Wildman–Crippen MR) is 130 cm³/mol. The van der Waals surface area contributed by atoms with E-state index < -0.39 is 0 Å². The molecular formula is C21H21N3O2S4. The third kappa shape index (κ3) is 5.46. The summed E-state index contributed by atoms with van der Waals surface area (Å²) in [4.78, 5) is 30.3. The maximum absolute atomic E-state index is 12.6. The Morgan fingerprint density at radius 1 is 1.10 bits per heavy atom. The fourth-order valence-electron chi connectivity index (χ4n) is 2.91. The number of nitrogens with one attached hydrogen (secondary N) is 2. The van der Waals surface area contributed by atoms with Crippen molar-refractivity contribution in [3.05, 3.63) is 57.8 Å². The molecule has 0 unspecified atom stereocenters. The topological polar surface area (TPSA) is 71.1 Å². The van der Waals surface area contributed by atoms with E-state index in [4.69, 9.17) is 0 Å². The Balaban J connectivity index is 1.37. The molecule has 1 saturated heterocycles. The third-order valence-corrected chi connectivity index (χ3v) is 9.30. The fraction of sp³-hybridized carbons (Fsp3) is 0.286. The van der Waals surface area contributed by atoms with Crippen LogP contribution in [-0.4, -0.2) is 28.3 Å². The van der Waals surface area contributed by atoms with E-state index in [0.29, 0.717) is 21.8 Å². The van der Waals surface area contributed by atoms with Crippen molar-refractivity contribution >= 4 is 63.1 Å². The van der Waals surface area contributed by atoms with Crippen LogP contribution >= 0.6 is 46.2 Å². The highest BCUT2D eigenvalue weighted by Gasteiger charge is 2.17. The highest BCUT2D eigenvalue weighted by atomic mass is 32.2. The molecule has 4 rings (SSSR count). The summed E-state index contributed by atoms with van der Waals surface area (Å²) in [6.45, 7) is 2.02. The van der Waals surface area contributed by atoms with Crippen LogP contribution in [-0.2, 0) is 11.3 Å². The second kappa shape index (κ2) is 10.00. The van der Waals surface area contributed by atoms with Gasteiger partial charge in [0.25, 0.3) is 5.91 Å². The molecule has 1 aliphatic rings. The summed E-state index contributed by atoms with van der Waals surface area (Å²) in [6.07, 6.45) is 1.27. The number of anilines is 1. The molecule has 0 spiro atoms. The van der Waals surface area contributed by atoms with E-state index in [1.165, 1.54) is 41.8 Å². The Morgan fingerprint density at radius 2 is 1.87 bits per heavy atom. The van der Waals surface area contributed by atoms with Crippen molar-refractivity contribution < 1.29 is 9.59 Å². The summed E-state index contributed by atoms with van der Waals surface area (Å²) < 4.78 is 0.471. The number of hydrogen-bond acceptors (Lipinski definition) is 7. The number of benzene rings is 1. The maximum Gasteiger partial charge on any atom is 0.257 e. The minimum Gasteiger partial charge on any atom is -0.351 e. The first-order valence-corrected chi connectivity index (χ1v) is 13.3. The van der Waals surface area contributed by atoms with Crippen LogP contribution in [0.1, 0.15) is 38.7 Å². The van der Waals surface area contributed by atoms with Gasteiger partial charge in [0, 0.05) is 22.7 Å². The zero-order valence-corrected chi connectivity index (χ0v) is 19.6. The molecule has 0 atom stereocenters. The van der Waals surface area contributed by atoms with Gasteiger partial charge >= 0.3 is 0 Å². The number of thiazole rings is 1. The average molecular weight is 476 g/mol. The minimum atomic E-state index is -0.149. The van der Waals surface area contributed by atoms with Crippen LogP contribution in [0.15, 0.2) is 41.8 Å². The highest BCUT2D eigenvalue weighted by molar-refractivity contribution is 8.16. The number of carbonyl (C=O) groups excluding carboxylic acids is 2. The van der Waals surface area contributed by atoms with E-state index in [0.717, 1.165) is 15.4 Å². The molecule has 156 valence electrons. The minimum absolute atomic E-state index is 0.0483. The second-order valence-corrected chi connectivity index (χ2v) is 11.5. The van der Waals surface area contributed by atoms with Crippen molar-refractivity contribution in [1.29, 1.82) is 0 Å². The predicted octanol–water partition coefficient (Wildman–Crippen LogP) is 5.63. The van der Waals surface area contributed by atoms with Gasteiger partial charge in [0.05, 0.1) is 21.7 Å². The summed E-state index contributed by atoms with van der Waals surface area (Å²) in [7, 11) is 0.